The van der Waals surface area contributed by atoms with Crippen molar-refractivity contribution in [3.05, 3.63) is 30.3 Å². The molecule has 118 valence electrons. The standard InChI is InChI=1S/C16H26N2O2S/c1-16(2,3)20-15(19)18-11-7-10-17-12-13-21-14-8-5-4-6-9-14/h4-6,8-9,17H,7,10-13H2,1-3H3,(H,18,19). The summed E-state index contributed by atoms with van der Waals surface area (Å²) < 4.78 is 5.16. The summed E-state index contributed by atoms with van der Waals surface area (Å²) in [5, 5.41) is 6.11. The van der Waals surface area contributed by atoms with Crippen molar-refractivity contribution in [3.63, 3.8) is 0 Å². The van der Waals surface area contributed by atoms with E-state index >= 15 is 0 Å². The number of rotatable bonds is 8. The van der Waals surface area contributed by atoms with Crippen LogP contribution in [0, 0.1) is 0 Å². The second-order valence-electron chi connectivity index (χ2n) is 5.69. The molecule has 0 aromatic heterocycles. The number of nitrogens with one attached hydrogen (secondary N) is 2. The van der Waals surface area contributed by atoms with Crippen LogP contribution in [0.15, 0.2) is 35.2 Å². The minimum atomic E-state index is -0.434. The number of amides is 1. The number of carbonyl (C=O) groups is 1. The topological polar surface area (TPSA) is 50.4 Å². The molecule has 0 unspecified atom stereocenters. The van der Waals surface area contributed by atoms with Gasteiger partial charge in [0.25, 0.3) is 0 Å². The molecule has 1 aromatic carbocycles. The Kier molecular flexibility index (Phi) is 8.23. The third-order valence-electron chi connectivity index (χ3n) is 2.49. The zero-order chi connectivity index (χ0) is 15.6. The number of hydrogen-bond acceptors (Lipinski definition) is 4. The highest BCUT2D eigenvalue weighted by atomic mass is 32.2. The molecule has 4 nitrogen and oxygen atoms in total. The zero-order valence-electron chi connectivity index (χ0n) is 13.1. The van der Waals surface area contributed by atoms with Gasteiger partial charge in [-0.25, -0.2) is 4.79 Å². The highest BCUT2D eigenvalue weighted by Gasteiger charge is 2.15. The van der Waals surface area contributed by atoms with Crippen molar-refractivity contribution in [1.29, 1.82) is 0 Å². The number of hydrogen-bond donors (Lipinski definition) is 2. The summed E-state index contributed by atoms with van der Waals surface area (Å²) in [6, 6.07) is 10.4. The van der Waals surface area contributed by atoms with Crippen molar-refractivity contribution >= 4 is 17.9 Å². The molecule has 0 aliphatic carbocycles. The smallest absolute Gasteiger partial charge is 0.407 e. The number of benzene rings is 1. The van der Waals surface area contributed by atoms with Gasteiger partial charge in [0.15, 0.2) is 0 Å². The van der Waals surface area contributed by atoms with Gasteiger partial charge in [-0.05, 0) is 45.9 Å². The van der Waals surface area contributed by atoms with Crippen LogP contribution in [0.5, 0.6) is 0 Å². The molecular weight excluding hydrogens is 284 g/mol. The molecule has 2 N–H and O–H groups in total. The second-order valence-corrected chi connectivity index (χ2v) is 6.86. The fraction of sp³-hybridized carbons (Fsp3) is 0.562. The van der Waals surface area contributed by atoms with E-state index in [1.807, 2.05) is 38.6 Å². The maximum absolute atomic E-state index is 11.4. The lowest BCUT2D eigenvalue weighted by molar-refractivity contribution is 0.0527. The molecule has 5 heteroatoms. The minimum absolute atomic E-state index is 0.345. The zero-order valence-corrected chi connectivity index (χ0v) is 14.0. The van der Waals surface area contributed by atoms with Crippen LogP contribution in [0.25, 0.3) is 0 Å². The van der Waals surface area contributed by atoms with Gasteiger partial charge in [-0.15, -0.1) is 11.8 Å². The fourth-order valence-corrected chi connectivity index (χ4v) is 2.43. The maximum atomic E-state index is 11.4. The van der Waals surface area contributed by atoms with Crippen LogP contribution >= 0.6 is 11.8 Å². The van der Waals surface area contributed by atoms with E-state index in [0.29, 0.717) is 6.54 Å². The van der Waals surface area contributed by atoms with E-state index in [1.165, 1.54) is 4.90 Å². The average Bonchev–Trinajstić information content (AvgIpc) is 2.41. The van der Waals surface area contributed by atoms with E-state index in [9.17, 15) is 4.79 Å². The Labute approximate surface area is 132 Å². The van der Waals surface area contributed by atoms with Crippen LogP contribution in [0.4, 0.5) is 4.79 Å². The van der Waals surface area contributed by atoms with Crippen LogP contribution in [0.2, 0.25) is 0 Å². The largest absolute Gasteiger partial charge is 0.444 e. The number of ether oxygens (including phenoxy) is 1. The molecule has 0 fully saturated rings. The predicted octanol–water partition coefficient (Wildman–Crippen LogP) is 3.28. The molecule has 1 amide bonds. The summed E-state index contributed by atoms with van der Waals surface area (Å²) in [5.74, 6) is 1.05. The molecule has 21 heavy (non-hydrogen) atoms. The monoisotopic (exact) mass is 310 g/mol. The van der Waals surface area contributed by atoms with E-state index in [0.717, 1.165) is 25.3 Å². The van der Waals surface area contributed by atoms with Crippen molar-refractivity contribution in [2.24, 2.45) is 0 Å². The quantitative estimate of drug-likeness (QED) is 0.571. The van der Waals surface area contributed by atoms with Gasteiger partial charge in [-0.2, -0.15) is 0 Å². The number of thioether (sulfide) groups is 1. The van der Waals surface area contributed by atoms with Gasteiger partial charge >= 0.3 is 6.09 Å². The average molecular weight is 310 g/mol. The third kappa shape index (κ3) is 10.2. The molecular formula is C16H26N2O2S. The molecule has 0 radical (unpaired) electrons. The third-order valence-corrected chi connectivity index (χ3v) is 3.50. The summed E-state index contributed by atoms with van der Waals surface area (Å²) in [4.78, 5) is 12.7. The van der Waals surface area contributed by atoms with Crippen LogP contribution < -0.4 is 10.6 Å². The van der Waals surface area contributed by atoms with Gasteiger partial charge in [-0.3, -0.25) is 0 Å². The summed E-state index contributed by atoms with van der Waals surface area (Å²) >= 11 is 1.84. The van der Waals surface area contributed by atoms with Crippen LogP contribution in [0.3, 0.4) is 0 Å². The molecule has 0 saturated heterocycles. The van der Waals surface area contributed by atoms with Gasteiger partial charge in [0.05, 0.1) is 0 Å². The van der Waals surface area contributed by atoms with Crippen molar-refractivity contribution in [2.45, 2.75) is 37.7 Å². The number of carbonyl (C=O) groups excluding carboxylic acids is 1. The first-order valence-corrected chi connectivity index (χ1v) is 8.31. The van der Waals surface area contributed by atoms with Crippen molar-refractivity contribution in [3.8, 4) is 0 Å². The van der Waals surface area contributed by atoms with Crippen LogP contribution in [-0.4, -0.2) is 37.1 Å². The summed E-state index contributed by atoms with van der Waals surface area (Å²) in [6.45, 7) is 8.07. The Morgan fingerprint density at radius 1 is 1.14 bits per heavy atom. The van der Waals surface area contributed by atoms with Gasteiger partial charge in [0, 0.05) is 23.7 Å². The summed E-state index contributed by atoms with van der Waals surface area (Å²) in [5.41, 5.74) is -0.434. The Bertz CT molecular complexity index is 404. The number of alkyl carbamates (subject to hydrolysis) is 1. The lowest BCUT2D eigenvalue weighted by Crippen LogP contribution is -2.34. The van der Waals surface area contributed by atoms with Crippen LogP contribution in [-0.2, 0) is 4.74 Å². The normalized spacial score (nSPS) is 11.2. The van der Waals surface area contributed by atoms with E-state index < -0.39 is 5.60 Å². The SMILES string of the molecule is CC(C)(C)OC(=O)NCCCNCCSc1ccccc1. The highest BCUT2D eigenvalue weighted by molar-refractivity contribution is 7.99. The molecule has 0 heterocycles. The Balaban J connectivity index is 1.92. The highest BCUT2D eigenvalue weighted by Crippen LogP contribution is 2.15. The molecule has 0 saturated carbocycles. The second kappa shape index (κ2) is 9.68. The van der Waals surface area contributed by atoms with Gasteiger partial charge < -0.3 is 15.4 Å². The van der Waals surface area contributed by atoms with E-state index in [-0.39, 0.29) is 6.09 Å². The Hall–Kier alpha value is -1.20. The fourth-order valence-electron chi connectivity index (χ4n) is 1.60. The summed E-state index contributed by atoms with van der Waals surface area (Å²) in [6.07, 6.45) is 0.553. The molecule has 0 spiro atoms. The van der Waals surface area contributed by atoms with E-state index in [4.69, 9.17) is 4.74 Å². The predicted molar refractivity (Wildman–Crippen MR) is 88.9 cm³/mol. The van der Waals surface area contributed by atoms with E-state index in [2.05, 4.69) is 34.9 Å². The van der Waals surface area contributed by atoms with Crippen molar-refractivity contribution < 1.29 is 9.53 Å². The first-order valence-electron chi connectivity index (χ1n) is 7.33. The lowest BCUT2D eigenvalue weighted by atomic mass is 10.2. The lowest BCUT2D eigenvalue weighted by Gasteiger charge is -2.19. The Morgan fingerprint density at radius 2 is 1.86 bits per heavy atom. The van der Waals surface area contributed by atoms with Crippen LogP contribution in [0.1, 0.15) is 27.2 Å². The first kappa shape index (κ1) is 17.9. The molecule has 1 aromatic rings. The Morgan fingerprint density at radius 3 is 2.52 bits per heavy atom. The summed E-state index contributed by atoms with van der Waals surface area (Å²) in [7, 11) is 0. The molecule has 0 aliphatic heterocycles. The molecule has 0 bridgehead atoms. The molecule has 0 atom stereocenters. The first-order chi connectivity index (χ1) is 9.97. The van der Waals surface area contributed by atoms with Gasteiger partial charge in [0.2, 0.25) is 0 Å². The van der Waals surface area contributed by atoms with Crippen molar-refractivity contribution in [2.75, 3.05) is 25.4 Å². The minimum Gasteiger partial charge on any atom is -0.444 e. The molecule has 1 rings (SSSR count). The van der Waals surface area contributed by atoms with Gasteiger partial charge in [0.1, 0.15) is 5.60 Å². The van der Waals surface area contributed by atoms with Gasteiger partial charge in [-0.1, -0.05) is 18.2 Å². The molecule has 0 aliphatic rings. The van der Waals surface area contributed by atoms with E-state index in [1.54, 1.807) is 0 Å². The maximum Gasteiger partial charge on any atom is 0.407 e. The van der Waals surface area contributed by atoms with Crippen molar-refractivity contribution in [1.82, 2.24) is 10.6 Å².